The van der Waals surface area contributed by atoms with Crippen molar-refractivity contribution in [2.24, 2.45) is 0 Å². The number of sulfonamides is 1. The van der Waals surface area contributed by atoms with E-state index in [0.717, 1.165) is 27.2 Å². The van der Waals surface area contributed by atoms with Crippen LogP contribution in [0.5, 0.6) is 0 Å². The normalized spacial score (nSPS) is 12.4. The van der Waals surface area contributed by atoms with Crippen molar-refractivity contribution in [2.45, 2.75) is 35.4 Å². The van der Waals surface area contributed by atoms with E-state index in [9.17, 15) is 8.42 Å². The molecule has 0 unspecified atom stereocenters. The van der Waals surface area contributed by atoms with E-state index in [0.29, 0.717) is 11.3 Å². The predicted molar refractivity (Wildman–Crippen MR) is 100 cm³/mol. The fraction of sp³-hybridized carbons (Fsp3) is 0.400. The third-order valence-corrected chi connectivity index (χ3v) is 7.50. The second kappa shape index (κ2) is 7.02. The number of fused-ring (bicyclic) bond motifs is 1. The highest BCUT2D eigenvalue weighted by Gasteiger charge is 2.19. The summed E-state index contributed by atoms with van der Waals surface area (Å²) in [6.07, 6.45) is 0. The molecule has 2 aromatic heterocycles. The molecule has 0 saturated heterocycles. The Morgan fingerprint density at radius 2 is 2.04 bits per heavy atom. The van der Waals surface area contributed by atoms with Gasteiger partial charge in [0.1, 0.15) is 10.8 Å². The highest BCUT2D eigenvalue weighted by molar-refractivity contribution is 8.00. The average molecular weight is 398 g/mol. The lowest BCUT2D eigenvalue weighted by molar-refractivity contribution is 0.521. The molecule has 0 amide bonds. The average Bonchev–Trinajstić information content (AvgIpc) is 3.14. The van der Waals surface area contributed by atoms with Crippen LogP contribution in [0.1, 0.15) is 17.8 Å². The van der Waals surface area contributed by atoms with E-state index in [-0.39, 0.29) is 4.90 Å². The lowest BCUT2D eigenvalue weighted by atomic mass is 10.3. The van der Waals surface area contributed by atoms with E-state index in [4.69, 9.17) is 0 Å². The Balaban J connectivity index is 1.96. The van der Waals surface area contributed by atoms with Gasteiger partial charge in [-0.1, -0.05) is 23.1 Å². The third-order valence-electron chi connectivity index (χ3n) is 3.73. The molecule has 3 aromatic rings. The molecule has 0 radical (unpaired) electrons. The Hall–Kier alpha value is -1.49. The quantitative estimate of drug-likeness (QED) is 0.595. The number of nitrogens with zero attached hydrogens (tertiary/aromatic N) is 5. The van der Waals surface area contributed by atoms with Crippen LogP contribution in [0, 0.1) is 6.92 Å². The Labute approximate surface area is 155 Å². The zero-order chi connectivity index (χ0) is 18.2. The number of hydrogen-bond acceptors (Lipinski definition) is 7. The molecule has 0 saturated carbocycles. The van der Waals surface area contributed by atoms with Crippen molar-refractivity contribution in [3.8, 4) is 0 Å². The zero-order valence-electron chi connectivity index (χ0n) is 14.4. The summed E-state index contributed by atoms with van der Waals surface area (Å²) >= 11 is 3.14. The molecule has 134 valence electrons. The summed E-state index contributed by atoms with van der Waals surface area (Å²) in [5.74, 6) is 1.56. The Bertz CT molecular complexity index is 1010. The molecule has 3 rings (SSSR count). The fourth-order valence-corrected chi connectivity index (χ4v) is 5.14. The first-order valence-electron chi connectivity index (χ1n) is 7.67. The molecule has 0 spiro atoms. The maximum Gasteiger partial charge on any atom is 0.242 e. The van der Waals surface area contributed by atoms with Crippen LogP contribution in [0.25, 0.3) is 11.0 Å². The fourth-order valence-electron chi connectivity index (χ4n) is 2.46. The van der Waals surface area contributed by atoms with Gasteiger partial charge in [-0.25, -0.2) is 17.7 Å². The molecule has 0 N–H and O–H groups in total. The van der Waals surface area contributed by atoms with E-state index in [2.05, 4.69) is 26.7 Å². The van der Waals surface area contributed by atoms with Crippen LogP contribution in [-0.2, 0) is 22.3 Å². The van der Waals surface area contributed by atoms with Crippen LogP contribution in [-0.4, -0.2) is 46.6 Å². The van der Waals surface area contributed by atoms with Gasteiger partial charge in [-0.05, 0) is 32.0 Å². The summed E-state index contributed by atoms with van der Waals surface area (Å²) in [7, 11) is -0.421. The number of thioether (sulfide) groups is 1. The molecular formula is C15H19N5O2S3. The minimum Gasteiger partial charge on any atom is -0.328 e. The topological polar surface area (TPSA) is 81.0 Å². The zero-order valence-corrected chi connectivity index (χ0v) is 16.9. The molecule has 7 nitrogen and oxygen atoms in total. The van der Waals surface area contributed by atoms with Gasteiger partial charge in [-0.2, -0.15) is 0 Å². The van der Waals surface area contributed by atoms with Gasteiger partial charge < -0.3 is 4.57 Å². The number of benzene rings is 1. The van der Waals surface area contributed by atoms with Gasteiger partial charge in [0.15, 0.2) is 4.34 Å². The van der Waals surface area contributed by atoms with Crippen molar-refractivity contribution >= 4 is 44.2 Å². The molecule has 0 fully saturated rings. The third kappa shape index (κ3) is 3.57. The number of aromatic nitrogens is 4. The predicted octanol–water partition coefficient (Wildman–Crippen LogP) is 2.76. The van der Waals surface area contributed by atoms with Crippen molar-refractivity contribution in [3.05, 3.63) is 29.0 Å². The maximum absolute atomic E-state index is 12.3. The van der Waals surface area contributed by atoms with E-state index in [1.165, 1.54) is 18.4 Å². The van der Waals surface area contributed by atoms with Crippen molar-refractivity contribution in [2.75, 3.05) is 14.1 Å². The maximum atomic E-state index is 12.3. The van der Waals surface area contributed by atoms with Crippen LogP contribution in [0.3, 0.4) is 0 Å². The smallest absolute Gasteiger partial charge is 0.242 e. The molecule has 0 aliphatic heterocycles. The molecule has 0 aliphatic carbocycles. The van der Waals surface area contributed by atoms with E-state index in [1.807, 2.05) is 13.0 Å². The van der Waals surface area contributed by atoms with Gasteiger partial charge in [-0.3, -0.25) is 0 Å². The Morgan fingerprint density at radius 3 is 2.64 bits per heavy atom. The molecular weight excluding hydrogens is 378 g/mol. The highest BCUT2D eigenvalue weighted by atomic mass is 32.2. The van der Waals surface area contributed by atoms with Crippen molar-refractivity contribution < 1.29 is 8.42 Å². The van der Waals surface area contributed by atoms with Gasteiger partial charge in [0.25, 0.3) is 0 Å². The van der Waals surface area contributed by atoms with Gasteiger partial charge in [0.2, 0.25) is 10.0 Å². The second-order valence-electron chi connectivity index (χ2n) is 5.59. The number of aryl methyl sites for hydroxylation is 2. The lowest BCUT2D eigenvalue weighted by Crippen LogP contribution is -2.22. The lowest BCUT2D eigenvalue weighted by Gasteiger charge is -2.11. The summed E-state index contributed by atoms with van der Waals surface area (Å²) < 4.78 is 28.9. The summed E-state index contributed by atoms with van der Waals surface area (Å²) in [5.41, 5.74) is 1.62. The second-order valence-corrected chi connectivity index (χ2v) is 10.1. The van der Waals surface area contributed by atoms with Gasteiger partial charge in [0, 0.05) is 20.6 Å². The van der Waals surface area contributed by atoms with Crippen molar-refractivity contribution in [1.29, 1.82) is 0 Å². The standard InChI is InChI=1S/C15H19N5O2S3/c1-5-20-13-7-6-11(25(21,22)19(3)4)8-12(13)16-14(20)9-23-15-18-17-10(2)24-15/h6-8H,5,9H2,1-4H3. The Morgan fingerprint density at radius 1 is 1.28 bits per heavy atom. The van der Waals surface area contributed by atoms with Crippen LogP contribution >= 0.6 is 23.1 Å². The van der Waals surface area contributed by atoms with Crippen LogP contribution in [0.2, 0.25) is 0 Å². The largest absolute Gasteiger partial charge is 0.328 e. The van der Waals surface area contributed by atoms with Crippen LogP contribution < -0.4 is 0 Å². The summed E-state index contributed by atoms with van der Waals surface area (Å²) in [6, 6.07) is 5.10. The monoisotopic (exact) mass is 397 g/mol. The van der Waals surface area contributed by atoms with Crippen LogP contribution in [0.15, 0.2) is 27.4 Å². The molecule has 25 heavy (non-hydrogen) atoms. The first kappa shape index (κ1) is 18.3. The van der Waals surface area contributed by atoms with E-state index < -0.39 is 10.0 Å². The minimum absolute atomic E-state index is 0.254. The molecule has 1 aromatic carbocycles. The van der Waals surface area contributed by atoms with Crippen LogP contribution in [0.4, 0.5) is 0 Å². The summed E-state index contributed by atoms with van der Waals surface area (Å²) in [5, 5.41) is 9.07. The molecule has 0 aliphatic rings. The molecule has 2 heterocycles. The molecule has 10 heteroatoms. The van der Waals surface area contributed by atoms with Gasteiger partial charge in [0.05, 0.1) is 21.7 Å². The summed E-state index contributed by atoms with van der Waals surface area (Å²) in [4.78, 5) is 4.91. The number of rotatable bonds is 6. The number of hydrogen-bond donors (Lipinski definition) is 0. The van der Waals surface area contributed by atoms with Gasteiger partial charge in [-0.15, -0.1) is 10.2 Å². The van der Waals surface area contributed by atoms with Gasteiger partial charge >= 0.3 is 0 Å². The molecule has 0 atom stereocenters. The SMILES string of the molecule is CCn1c(CSc2nnc(C)s2)nc2cc(S(=O)(=O)N(C)C)ccc21. The first-order chi connectivity index (χ1) is 11.8. The highest BCUT2D eigenvalue weighted by Crippen LogP contribution is 2.28. The molecule has 0 bridgehead atoms. The minimum atomic E-state index is -3.47. The Kier molecular flexibility index (Phi) is 5.14. The number of imidazole rings is 1. The van der Waals surface area contributed by atoms with E-state index in [1.54, 1.807) is 35.2 Å². The van der Waals surface area contributed by atoms with E-state index >= 15 is 0 Å². The first-order valence-corrected chi connectivity index (χ1v) is 10.9. The summed E-state index contributed by atoms with van der Waals surface area (Å²) in [6.45, 7) is 4.74. The van der Waals surface area contributed by atoms with Crippen molar-refractivity contribution in [1.82, 2.24) is 24.1 Å². The van der Waals surface area contributed by atoms with Crippen molar-refractivity contribution in [3.63, 3.8) is 0 Å².